The van der Waals surface area contributed by atoms with E-state index in [-0.39, 0.29) is 6.04 Å². The van der Waals surface area contributed by atoms with Crippen LogP contribution in [0.4, 0.5) is 4.79 Å². The van der Waals surface area contributed by atoms with Crippen molar-refractivity contribution in [3.8, 4) is 0 Å². The maximum atomic E-state index is 12.2. The summed E-state index contributed by atoms with van der Waals surface area (Å²) in [5.41, 5.74) is -0.569. The van der Waals surface area contributed by atoms with Gasteiger partial charge in [0.1, 0.15) is 5.60 Å². The van der Waals surface area contributed by atoms with E-state index in [0.29, 0.717) is 6.54 Å². The van der Waals surface area contributed by atoms with Crippen molar-refractivity contribution in [3.05, 3.63) is 0 Å². The highest BCUT2D eigenvalue weighted by molar-refractivity contribution is 7.86. The fraction of sp³-hybridized carbons (Fsp3) is 0.923. The summed E-state index contributed by atoms with van der Waals surface area (Å²) in [6, 6.07) is -0.270. The van der Waals surface area contributed by atoms with Crippen LogP contribution in [0.3, 0.4) is 0 Å². The van der Waals surface area contributed by atoms with E-state index in [4.69, 9.17) is 8.92 Å². The molecule has 1 rings (SSSR count). The highest BCUT2D eigenvalue weighted by Crippen LogP contribution is 2.24. The van der Waals surface area contributed by atoms with Gasteiger partial charge in [0.15, 0.2) is 0 Å². The molecular weight excluding hydrogens is 282 g/mol. The van der Waals surface area contributed by atoms with Crippen LogP contribution in [0.15, 0.2) is 0 Å². The predicted octanol–water partition coefficient (Wildman–Crippen LogP) is 2.14. The Labute approximate surface area is 121 Å². The fourth-order valence-electron chi connectivity index (χ4n) is 2.33. The summed E-state index contributed by atoms with van der Waals surface area (Å²) in [4.78, 5) is 13.8. The third-order valence-corrected chi connectivity index (χ3v) is 3.70. The van der Waals surface area contributed by atoms with E-state index in [9.17, 15) is 13.2 Å². The van der Waals surface area contributed by atoms with Crippen molar-refractivity contribution in [1.82, 2.24) is 4.90 Å². The molecule has 1 saturated heterocycles. The van der Waals surface area contributed by atoms with Crippen LogP contribution in [0.2, 0.25) is 0 Å². The van der Waals surface area contributed by atoms with Crippen molar-refractivity contribution in [1.29, 1.82) is 0 Å². The number of carbonyl (C=O) groups is 1. The van der Waals surface area contributed by atoms with Gasteiger partial charge in [-0.05, 0) is 47.0 Å². The second-order valence-corrected chi connectivity index (χ2v) is 7.84. The molecule has 1 amide bonds. The highest BCUT2D eigenvalue weighted by Gasteiger charge is 2.35. The first-order valence-electron chi connectivity index (χ1n) is 6.87. The number of ether oxygens (including phenoxy) is 1. The van der Waals surface area contributed by atoms with Crippen LogP contribution in [-0.2, 0) is 19.0 Å². The largest absolute Gasteiger partial charge is 0.444 e. The number of nitrogens with zero attached hydrogens (tertiary/aromatic N) is 1. The number of amides is 1. The van der Waals surface area contributed by atoms with E-state index >= 15 is 0 Å². The lowest BCUT2D eigenvalue weighted by molar-refractivity contribution is -0.00719. The standard InChI is InChI=1S/C13H25NO5S/c1-10(19-20(5,16)17)11-8-6-7-9-14(11)12(15)18-13(2,3)4/h10-11H,6-9H2,1-5H3/t10-,11-/m0/s1. The Morgan fingerprint density at radius 1 is 1.30 bits per heavy atom. The number of hydrogen-bond acceptors (Lipinski definition) is 5. The van der Waals surface area contributed by atoms with Gasteiger partial charge in [-0.1, -0.05) is 0 Å². The first-order valence-corrected chi connectivity index (χ1v) is 8.69. The lowest BCUT2D eigenvalue weighted by Crippen LogP contribution is -2.51. The number of carbonyl (C=O) groups excluding carboxylic acids is 1. The van der Waals surface area contributed by atoms with Gasteiger partial charge in [-0.3, -0.25) is 4.18 Å². The Morgan fingerprint density at radius 2 is 1.90 bits per heavy atom. The first kappa shape index (κ1) is 17.2. The van der Waals surface area contributed by atoms with Gasteiger partial charge in [-0.15, -0.1) is 0 Å². The van der Waals surface area contributed by atoms with Crippen molar-refractivity contribution >= 4 is 16.2 Å². The van der Waals surface area contributed by atoms with Crippen molar-refractivity contribution in [2.45, 2.75) is 64.7 Å². The van der Waals surface area contributed by atoms with Crippen molar-refractivity contribution < 1.29 is 22.1 Å². The average molecular weight is 307 g/mol. The smallest absolute Gasteiger partial charge is 0.410 e. The molecule has 0 saturated carbocycles. The second kappa shape index (κ2) is 6.30. The molecule has 0 radical (unpaired) electrons. The molecule has 1 aliphatic heterocycles. The molecule has 6 nitrogen and oxygen atoms in total. The molecule has 7 heteroatoms. The Balaban J connectivity index is 2.78. The molecule has 0 bridgehead atoms. The molecule has 2 atom stereocenters. The van der Waals surface area contributed by atoms with Crippen LogP contribution in [0.1, 0.15) is 47.0 Å². The van der Waals surface area contributed by atoms with E-state index in [0.717, 1.165) is 25.5 Å². The minimum Gasteiger partial charge on any atom is -0.444 e. The van der Waals surface area contributed by atoms with Crippen molar-refractivity contribution in [2.24, 2.45) is 0 Å². The van der Waals surface area contributed by atoms with E-state index in [2.05, 4.69) is 0 Å². The Morgan fingerprint density at radius 3 is 2.40 bits per heavy atom. The van der Waals surface area contributed by atoms with Crippen molar-refractivity contribution in [3.63, 3.8) is 0 Å². The molecule has 1 fully saturated rings. The zero-order valence-electron chi connectivity index (χ0n) is 12.9. The second-order valence-electron chi connectivity index (χ2n) is 6.24. The van der Waals surface area contributed by atoms with Gasteiger partial charge in [-0.2, -0.15) is 8.42 Å². The molecule has 0 spiro atoms. The molecule has 0 aromatic rings. The van der Waals surface area contributed by atoms with Crippen LogP contribution in [0, 0.1) is 0 Å². The Kier molecular flexibility index (Phi) is 5.43. The SMILES string of the molecule is C[C@H](OS(C)(=O)=O)[C@@H]1CCCCN1C(=O)OC(C)(C)C. The summed E-state index contributed by atoms with van der Waals surface area (Å²) in [6.07, 6.45) is 2.59. The molecule has 20 heavy (non-hydrogen) atoms. The summed E-state index contributed by atoms with van der Waals surface area (Å²) in [5, 5.41) is 0. The minimum atomic E-state index is -3.54. The van der Waals surface area contributed by atoms with Crippen LogP contribution >= 0.6 is 0 Å². The molecular formula is C13H25NO5S. The van der Waals surface area contributed by atoms with Gasteiger partial charge >= 0.3 is 6.09 Å². The number of piperidine rings is 1. The third kappa shape index (κ3) is 5.66. The lowest BCUT2D eigenvalue weighted by atomic mass is 9.99. The average Bonchev–Trinajstić information content (AvgIpc) is 2.24. The Bertz CT molecular complexity index is 440. The maximum Gasteiger partial charge on any atom is 0.410 e. The number of hydrogen-bond donors (Lipinski definition) is 0. The molecule has 1 heterocycles. The quantitative estimate of drug-likeness (QED) is 0.747. The van der Waals surface area contributed by atoms with Crippen LogP contribution < -0.4 is 0 Å². The zero-order valence-corrected chi connectivity index (χ0v) is 13.7. The Hall–Kier alpha value is -0.820. The first-order chi connectivity index (χ1) is 8.99. The maximum absolute atomic E-state index is 12.2. The predicted molar refractivity (Wildman–Crippen MR) is 76.0 cm³/mol. The van der Waals surface area contributed by atoms with Crippen molar-refractivity contribution in [2.75, 3.05) is 12.8 Å². The van der Waals surface area contributed by atoms with Crippen LogP contribution in [-0.4, -0.2) is 50.0 Å². The van der Waals surface area contributed by atoms with E-state index < -0.39 is 27.9 Å². The van der Waals surface area contributed by atoms with Gasteiger partial charge in [0, 0.05) is 6.54 Å². The molecule has 0 aromatic carbocycles. The van der Waals surface area contributed by atoms with Crippen LogP contribution in [0.5, 0.6) is 0 Å². The zero-order chi connectivity index (χ0) is 15.6. The normalized spacial score (nSPS) is 22.4. The monoisotopic (exact) mass is 307 g/mol. The number of rotatable bonds is 3. The summed E-state index contributed by atoms with van der Waals surface area (Å²) in [5.74, 6) is 0. The molecule has 0 aliphatic carbocycles. The van der Waals surface area contributed by atoms with Gasteiger partial charge in [0.25, 0.3) is 10.1 Å². The van der Waals surface area contributed by atoms with Gasteiger partial charge < -0.3 is 9.64 Å². The molecule has 0 unspecified atom stereocenters. The molecule has 0 N–H and O–H groups in total. The lowest BCUT2D eigenvalue weighted by Gasteiger charge is -2.39. The topological polar surface area (TPSA) is 72.9 Å². The number of likely N-dealkylation sites (tertiary alicyclic amines) is 1. The van der Waals surface area contributed by atoms with E-state index in [1.54, 1.807) is 32.6 Å². The summed E-state index contributed by atoms with van der Waals surface area (Å²) < 4.78 is 32.8. The van der Waals surface area contributed by atoms with Gasteiger partial charge in [-0.25, -0.2) is 4.79 Å². The summed E-state index contributed by atoms with van der Waals surface area (Å²) in [7, 11) is -3.54. The minimum absolute atomic E-state index is 0.270. The van der Waals surface area contributed by atoms with E-state index in [1.165, 1.54) is 0 Å². The fourth-order valence-corrected chi connectivity index (χ4v) is 3.01. The molecule has 0 aromatic heterocycles. The van der Waals surface area contributed by atoms with Gasteiger partial charge in [0.05, 0.1) is 18.4 Å². The highest BCUT2D eigenvalue weighted by atomic mass is 32.2. The molecule has 118 valence electrons. The summed E-state index contributed by atoms with van der Waals surface area (Å²) >= 11 is 0. The third-order valence-electron chi connectivity index (χ3n) is 3.05. The molecule has 1 aliphatic rings. The van der Waals surface area contributed by atoms with E-state index in [1.807, 2.05) is 0 Å². The summed E-state index contributed by atoms with van der Waals surface area (Å²) in [6.45, 7) is 7.66. The van der Waals surface area contributed by atoms with Crippen LogP contribution in [0.25, 0.3) is 0 Å². The van der Waals surface area contributed by atoms with Gasteiger partial charge in [0.2, 0.25) is 0 Å².